The first-order valence-corrected chi connectivity index (χ1v) is 6.91. The lowest BCUT2D eigenvalue weighted by Crippen LogP contribution is -2.40. The number of non-ortho nitro benzene ring substituents is 1. The van der Waals surface area contributed by atoms with Crippen LogP contribution in [0.2, 0.25) is 0 Å². The number of amides is 1. The van der Waals surface area contributed by atoms with Crippen LogP contribution in [0.1, 0.15) is 30.1 Å². The van der Waals surface area contributed by atoms with Crippen LogP contribution in [-0.2, 0) is 4.74 Å². The summed E-state index contributed by atoms with van der Waals surface area (Å²) < 4.78 is 5.29. The highest BCUT2D eigenvalue weighted by Gasteiger charge is 2.23. The minimum atomic E-state index is -0.544. The van der Waals surface area contributed by atoms with Crippen molar-refractivity contribution in [3.63, 3.8) is 0 Å². The van der Waals surface area contributed by atoms with Crippen molar-refractivity contribution < 1.29 is 14.5 Å². The van der Waals surface area contributed by atoms with Gasteiger partial charge in [0.1, 0.15) is 0 Å². The molecular formula is C14H19N3O4. The quantitative estimate of drug-likeness (QED) is 0.499. The summed E-state index contributed by atoms with van der Waals surface area (Å²) in [6.45, 7) is 3.33. The Balaban J connectivity index is 2.08. The van der Waals surface area contributed by atoms with Gasteiger partial charge in [-0.2, -0.15) is 0 Å². The van der Waals surface area contributed by atoms with Gasteiger partial charge in [-0.25, -0.2) is 0 Å². The van der Waals surface area contributed by atoms with Crippen molar-refractivity contribution in [2.75, 3.05) is 18.9 Å². The van der Waals surface area contributed by atoms with Crippen LogP contribution >= 0.6 is 0 Å². The van der Waals surface area contributed by atoms with Crippen LogP contribution in [0.5, 0.6) is 0 Å². The minimum Gasteiger partial charge on any atom is -0.398 e. The Bertz CT molecular complexity index is 541. The third-order valence-electron chi connectivity index (χ3n) is 3.82. The molecule has 1 fully saturated rings. The molecule has 3 N–H and O–H groups in total. The molecule has 2 rings (SSSR count). The first kappa shape index (κ1) is 15.2. The number of nitrogens with two attached hydrogens (primary N) is 1. The van der Waals surface area contributed by atoms with E-state index in [0.717, 1.165) is 12.8 Å². The van der Waals surface area contributed by atoms with Crippen LogP contribution in [0.4, 0.5) is 11.4 Å². The average molecular weight is 293 g/mol. The van der Waals surface area contributed by atoms with E-state index < -0.39 is 4.92 Å². The first-order valence-electron chi connectivity index (χ1n) is 6.91. The van der Waals surface area contributed by atoms with E-state index in [4.69, 9.17) is 10.5 Å². The van der Waals surface area contributed by atoms with E-state index in [1.807, 2.05) is 6.92 Å². The lowest BCUT2D eigenvalue weighted by atomic mass is 9.92. The Morgan fingerprint density at radius 1 is 1.48 bits per heavy atom. The highest BCUT2D eigenvalue weighted by atomic mass is 16.6. The molecular weight excluding hydrogens is 274 g/mol. The summed E-state index contributed by atoms with van der Waals surface area (Å²) in [6.07, 6.45) is 1.79. The highest BCUT2D eigenvalue weighted by molar-refractivity contribution is 5.99. The zero-order chi connectivity index (χ0) is 15.4. The van der Waals surface area contributed by atoms with E-state index in [1.54, 1.807) is 0 Å². The smallest absolute Gasteiger partial charge is 0.270 e. The maximum Gasteiger partial charge on any atom is 0.270 e. The highest BCUT2D eigenvalue weighted by Crippen LogP contribution is 2.22. The first-order chi connectivity index (χ1) is 9.99. The van der Waals surface area contributed by atoms with E-state index in [1.165, 1.54) is 18.2 Å². The molecule has 1 heterocycles. The second-order valence-corrected chi connectivity index (χ2v) is 5.24. The van der Waals surface area contributed by atoms with Gasteiger partial charge in [-0.15, -0.1) is 0 Å². The zero-order valence-electron chi connectivity index (χ0n) is 11.9. The van der Waals surface area contributed by atoms with Crippen molar-refractivity contribution in [1.82, 2.24) is 5.32 Å². The molecule has 1 aromatic rings. The summed E-state index contributed by atoms with van der Waals surface area (Å²) >= 11 is 0. The predicted octanol–water partition coefficient (Wildman–Crippen LogP) is 1.72. The number of ether oxygens (including phenoxy) is 1. The molecule has 0 saturated carbocycles. The number of nitrogens with zero attached hydrogens (tertiary/aromatic N) is 1. The van der Waals surface area contributed by atoms with Crippen LogP contribution in [0.3, 0.4) is 0 Å². The van der Waals surface area contributed by atoms with Gasteiger partial charge in [0.2, 0.25) is 0 Å². The van der Waals surface area contributed by atoms with Gasteiger partial charge in [-0.3, -0.25) is 14.9 Å². The Morgan fingerprint density at radius 2 is 2.14 bits per heavy atom. The summed E-state index contributed by atoms with van der Waals surface area (Å²) in [4.78, 5) is 22.5. The number of hydrogen-bond acceptors (Lipinski definition) is 5. The van der Waals surface area contributed by atoms with Gasteiger partial charge < -0.3 is 15.8 Å². The molecule has 0 bridgehead atoms. The molecule has 7 nitrogen and oxygen atoms in total. The lowest BCUT2D eigenvalue weighted by Gasteiger charge is -2.28. The van der Waals surface area contributed by atoms with E-state index >= 15 is 0 Å². The van der Waals surface area contributed by atoms with E-state index in [-0.39, 0.29) is 28.9 Å². The lowest BCUT2D eigenvalue weighted by molar-refractivity contribution is -0.384. The third-order valence-corrected chi connectivity index (χ3v) is 3.82. The molecule has 114 valence electrons. The van der Waals surface area contributed by atoms with Gasteiger partial charge in [-0.1, -0.05) is 0 Å². The number of benzene rings is 1. The molecule has 1 aromatic carbocycles. The molecule has 7 heteroatoms. The molecule has 0 radical (unpaired) electrons. The summed E-state index contributed by atoms with van der Waals surface area (Å²) in [6, 6.07) is 3.85. The van der Waals surface area contributed by atoms with Crippen molar-refractivity contribution in [2.24, 2.45) is 5.92 Å². The van der Waals surface area contributed by atoms with Crippen molar-refractivity contribution in [2.45, 2.75) is 25.8 Å². The van der Waals surface area contributed by atoms with Crippen molar-refractivity contribution in [1.29, 1.82) is 0 Å². The molecule has 1 amide bonds. The summed E-state index contributed by atoms with van der Waals surface area (Å²) in [5, 5.41) is 13.7. The number of hydrogen-bond donors (Lipinski definition) is 2. The van der Waals surface area contributed by atoms with Crippen molar-refractivity contribution >= 4 is 17.3 Å². The van der Waals surface area contributed by atoms with E-state index in [2.05, 4.69) is 5.32 Å². The van der Waals surface area contributed by atoms with Crippen molar-refractivity contribution in [3.8, 4) is 0 Å². The van der Waals surface area contributed by atoms with E-state index in [0.29, 0.717) is 19.1 Å². The Kier molecular flexibility index (Phi) is 4.74. The number of nitrogen functional groups attached to an aromatic ring is 1. The van der Waals surface area contributed by atoms with Crippen LogP contribution in [0.25, 0.3) is 0 Å². The summed E-state index contributed by atoms with van der Waals surface area (Å²) in [5.74, 6) is -0.0298. The van der Waals surface area contributed by atoms with Crippen LogP contribution in [-0.4, -0.2) is 30.1 Å². The second-order valence-electron chi connectivity index (χ2n) is 5.24. The van der Waals surface area contributed by atoms with Gasteiger partial charge in [0.15, 0.2) is 0 Å². The molecule has 1 saturated heterocycles. The number of anilines is 1. The maximum absolute atomic E-state index is 12.2. The fraction of sp³-hybridized carbons (Fsp3) is 0.500. The molecule has 0 aromatic heterocycles. The maximum atomic E-state index is 12.2. The minimum absolute atomic E-state index is 0.0277. The number of rotatable bonds is 4. The predicted molar refractivity (Wildman–Crippen MR) is 78.0 cm³/mol. The zero-order valence-corrected chi connectivity index (χ0v) is 11.9. The van der Waals surface area contributed by atoms with Crippen LogP contribution in [0.15, 0.2) is 18.2 Å². The van der Waals surface area contributed by atoms with Gasteiger partial charge in [0.05, 0.1) is 10.5 Å². The second kappa shape index (κ2) is 6.53. The molecule has 1 unspecified atom stereocenters. The average Bonchev–Trinajstić information content (AvgIpc) is 2.48. The third kappa shape index (κ3) is 3.69. The number of carbonyl (C=O) groups is 1. The molecule has 1 aliphatic heterocycles. The normalized spacial score (nSPS) is 17.2. The summed E-state index contributed by atoms with van der Waals surface area (Å²) in [5.41, 5.74) is 5.97. The van der Waals surface area contributed by atoms with Gasteiger partial charge in [0, 0.05) is 37.1 Å². The number of nitrogens with one attached hydrogen (secondary N) is 1. The standard InChI is InChI=1S/C14H19N3O4/c1-9(10-4-6-21-7-5-10)16-14(18)12-8-11(17(19)20)2-3-13(12)15/h2-3,8-10H,4-7,15H2,1H3,(H,16,18). The molecule has 0 spiro atoms. The molecule has 1 atom stereocenters. The van der Waals surface area contributed by atoms with Crippen LogP contribution in [0, 0.1) is 16.0 Å². The number of nitro groups is 1. The molecule has 1 aliphatic rings. The molecule has 0 aliphatic carbocycles. The fourth-order valence-corrected chi connectivity index (χ4v) is 2.47. The number of nitro benzene ring substituents is 1. The summed E-state index contributed by atoms with van der Waals surface area (Å²) in [7, 11) is 0. The van der Waals surface area contributed by atoms with E-state index in [9.17, 15) is 14.9 Å². The monoisotopic (exact) mass is 293 g/mol. The Labute approximate surface area is 122 Å². The van der Waals surface area contributed by atoms with Gasteiger partial charge in [-0.05, 0) is 31.7 Å². The van der Waals surface area contributed by atoms with Gasteiger partial charge in [0.25, 0.3) is 11.6 Å². The largest absolute Gasteiger partial charge is 0.398 e. The van der Waals surface area contributed by atoms with Crippen LogP contribution < -0.4 is 11.1 Å². The van der Waals surface area contributed by atoms with Crippen molar-refractivity contribution in [3.05, 3.63) is 33.9 Å². The number of carbonyl (C=O) groups excluding carboxylic acids is 1. The van der Waals surface area contributed by atoms with Gasteiger partial charge >= 0.3 is 0 Å². The fourth-order valence-electron chi connectivity index (χ4n) is 2.47. The Hall–Kier alpha value is -2.15. The molecule has 21 heavy (non-hydrogen) atoms. The SMILES string of the molecule is CC(NC(=O)c1cc([N+](=O)[O-])ccc1N)C1CCOCC1. The topological polar surface area (TPSA) is 107 Å². The Morgan fingerprint density at radius 3 is 2.76 bits per heavy atom.